The van der Waals surface area contributed by atoms with Crippen LogP contribution in [0.15, 0.2) is 72.8 Å². The molecule has 0 aromatic heterocycles. The molecule has 0 fully saturated rings. The molecular weight excluding hydrogens is 492 g/mol. The standard InChI is InChI=1S/C31H38N4O4/c1-21-17-26(39-31(38)34-20-25-13-8-5-9-14-25)18-22(2)27(21)19-28(32)30(37)35(23(3)29(33)36)16-10-15-24-11-6-4-7-12-24/h4-9,11-14,17-18,23,28H,10,15-16,19-20,32H2,1-3H3,(H2,33,36)(H,34,38)/t23-,28-/m1/s1. The Balaban J connectivity index is 1.63. The van der Waals surface area contributed by atoms with E-state index in [1.165, 1.54) is 4.90 Å². The number of nitrogens with zero attached hydrogens (tertiary/aromatic N) is 1. The van der Waals surface area contributed by atoms with Crippen molar-refractivity contribution in [1.82, 2.24) is 10.2 Å². The summed E-state index contributed by atoms with van der Waals surface area (Å²) >= 11 is 0. The number of hydrogen-bond acceptors (Lipinski definition) is 5. The Morgan fingerprint density at radius 3 is 2.05 bits per heavy atom. The van der Waals surface area contributed by atoms with Crippen LogP contribution >= 0.6 is 0 Å². The predicted molar refractivity (Wildman–Crippen MR) is 152 cm³/mol. The van der Waals surface area contributed by atoms with E-state index in [1.807, 2.05) is 74.5 Å². The molecule has 0 saturated heterocycles. The molecule has 206 valence electrons. The Bertz CT molecular complexity index is 1240. The van der Waals surface area contributed by atoms with Crippen LogP contribution in [0.25, 0.3) is 0 Å². The van der Waals surface area contributed by atoms with Gasteiger partial charge in [0.2, 0.25) is 11.8 Å². The van der Waals surface area contributed by atoms with E-state index in [-0.39, 0.29) is 12.3 Å². The number of aryl methyl sites for hydroxylation is 3. The number of hydrogen-bond donors (Lipinski definition) is 3. The van der Waals surface area contributed by atoms with Crippen LogP contribution in [0.3, 0.4) is 0 Å². The fourth-order valence-corrected chi connectivity index (χ4v) is 4.51. The number of nitrogens with one attached hydrogen (secondary N) is 1. The van der Waals surface area contributed by atoms with E-state index in [9.17, 15) is 14.4 Å². The molecule has 3 amide bonds. The number of primary amides is 1. The highest BCUT2D eigenvalue weighted by atomic mass is 16.6. The molecular formula is C31H38N4O4. The number of benzene rings is 3. The molecule has 0 saturated carbocycles. The van der Waals surface area contributed by atoms with Gasteiger partial charge in [-0.25, -0.2) is 4.79 Å². The van der Waals surface area contributed by atoms with Crippen molar-refractivity contribution in [2.75, 3.05) is 6.54 Å². The minimum absolute atomic E-state index is 0.275. The van der Waals surface area contributed by atoms with Crippen LogP contribution in [0.2, 0.25) is 0 Å². The van der Waals surface area contributed by atoms with Gasteiger partial charge in [0.1, 0.15) is 11.8 Å². The van der Waals surface area contributed by atoms with Crippen molar-refractivity contribution in [3.63, 3.8) is 0 Å². The highest BCUT2D eigenvalue weighted by Crippen LogP contribution is 2.24. The zero-order valence-electron chi connectivity index (χ0n) is 22.9. The maximum atomic E-state index is 13.4. The zero-order valence-corrected chi connectivity index (χ0v) is 22.9. The van der Waals surface area contributed by atoms with E-state index in [2.05, 4.69) is 5.32 Å². The molecule has 3 rings (SSSR count). The van der Waals surface area contributed by atoms with Gasteiger partial charge >= 0.3 is 6.09 Å². The molecule has 39 heavy (non-hydrogen) atoms. The SMILES string of the molecule is Cc1cc(OC(=O)NCc2ccccc2)cc(C)c1C[C@@H](N)C(=O)N(CCCc1ccccc1)[C@H](C)C(N)=O. The highest BCUT2D eigenvalue weighted by Gasteiger charge is 2.28. The van der Waals surface area contributed by atoms with Gasteiger partial charge in [0.05, 0.1) is 6.04 Å². The van der Waals surface area contributed by atoms with Crippen LogP contribution in [0.1, 0.15) is 41.2 Å². The second-order valence-corrected chi connectivity index (χ2v) is 9.77. The summed E-state index contributed by atoms with van der Waals surface area (Å²) in [7, 11) is 0. The first-order valence-electron chi connectivity index (χ1n) is 13.1. The van der Waals surface area contributed by atoms with Gasteiger partial charge in [-0.15, -0.1) is 0 Å². The lowest BCUT2D eigenvalue weighted by atomic mass is 9.95. The van der Waals surface area contributed by atoms with Crippen molar-refractivity contribution >= 4 is 17.9 Å². The van der Waals surface area contributed by atoms with Gasteiger partial charge in [0, 0.05) is 13.1 Å². The quantitative estimate of drug-likeness (QED) is 0.328. The summed E-state index contributed by atoms with van der Waals surface area (Å²) in [6, 6.07) is 21.4. The first-order valence-corrected chi connectivity index (χ1v) is 13.1. The highest BCUT2D eigenvalue weighted by molar-refractivity contribution is 5.89. The number of carbonyl (C=O) groups excluding carboxylic acids is 3. The minimum Gasteiger partial charge on any atom is -0.410 e. The summed E-state index contributed by atoms with van der Waals surface area (Å²) in [6.45, 7) is 6.13. The van der Waals surface area contributed by atoms with E-state index in [0.717, 1.165) is 34.2 Å². The molecule has 0 aliphatic rings. The number of nitrogens with two attached hydrogens (primary N) is 2. The number of carbonyl (C=O) groups is 3. The maximum absolute atomic E-state index is 13.4. The lowest BCUT2D eigenvalue weighted by molar-refractivity contribution is -0.139. The average molecular weight is 531 g/mol. The van der Waals surface area contributed by atoms with E-state index in [1.54, 1.807) is 19.1 Å². The molecule has 8 heteroatoms. The van der Waals surface area contributed by atoms with Gasteiger partial charge in [0.15, 0.2) is 0 Å². The van der Waals surface area contributed by atoms with Gasteiger partial charge in [0.25, 0.3) is 0 Å². The normalized spacial score (nSPS) is 12.3. The Morgan fingerprint density at radius 1 is 0.923 bits per heavy atom. The lowest BCUT2D eigenvalue weighted by Crippen LogP contribution is -2.53. The lowest BCUT2D eigenvalue weighted by Gasteiger charge is -2.30. The number of rotatable bonds is 12. The first kappa shape index (κ1) is 29.4. The van der Waals surface area contributed by atoms with Crippen molar-refractivity contribution in [1.29, 1.82) is 0 Å². The Kier molecular flexibility index (Phi) is 10.6. The molecule has 0 aliphatic carbocycles. The van der Waals surface area contributed by atoms with Crippen molar-refractivity contribution in [3.8, 4) is 5.75 Å². The van der Waals surface area contributed by atoms with Crippen LogP contribution in [0.4, 0.5) is 4.79 Å². The van der Waals surface area contributed by atoms with E-state index in [4.69, 9.17) is 16.2 Å². The van der Waals surface area contributed by atoms with Crippen molar-refractivity contribution < 1.29 is 19.1 Å². The van der Waals surface area contributed by atoms with Gasteiger partial charge < -0.3 is 26.4 Å². The van der Waals surface area contributed by atoms with Crippen LogP contribution in [0, 0.1) is 13.8 Å². The molecule has 0 radical (unpaired) electrons. The summed E-state index contributed by atoms with van der Waals surface area (Å²) in [5, 5.41) is 2.74. The van der Waals surface area contributed by atoms with Gasteiger partial charge in [-0.05, 0) is 80.0 Å². The summed E-state index contributed by atoms with van der Waals surface area (Å²) in [4.78, 5) is 39.1. The smallest absolute Gasteiger partial charge is 0.410 e. The molecule has 0 aliphatic heterocycles. The molecule has 0 heterocycles. The topological polar surface area (TPSA) is 128 Å². The fraction of sp³-hybridized carbons (Fsp3) is 0.323. The summed E-state index contributed by atoms with van der Waals surface area (Å²) < 4.78 is 5.47. The molecule has 8 nitrogen and oxygen atoms in total. The average Bonchev–Trinajstić information content (AvgIpc) is 2.92. The monoisotopic (exact) mass is 530 g/mol. The van der Waals surface area contributed by atoms with E-state index >= 15 is 0 Å². The number of ether oxygens (including phenoxy) is 1. The summed E-state index contributed by atoms with van der Waals surface area (Å²) in [6.07, 6.45) is 1.17. The molecule has 0 spiro atoms. The molecule has 0 unspecified atom stereocenters. The Hall–Kier alpha value is -4.17. The molecule has 5 N–H and O–H groups in total. The first-order chi connectivity index (χ1) is 18.7. The Labute approximate surface area is 230 Å². The molecule has 0 bridgehead atoms. The van der Waals surface area contributed by atoms with Gasteiger partial charge in [-0.1, -0.05) is 60.7 Å². The van der Waals surface area contributed by atoms with Crippen molar-refractivity contribution in [3.05, 3.63) is 101 Å². The molecule has 2 atom stereocenters. The van der Waals surface area contributed by atoms with E-state index in [0.29, 0.717) is 25.3 Å². The summed E-state index contributed by atoms with van der Waals surface area (Å²) in [5.41, 5.74) is 16.6. The molecule has 3 aromatic carbocycles. The second kappa shape index (κ2) is 14.1. The maximum Gasteiger partial charge on any atom is 0.412 e. The van der Waals surface area contributed by atoms with Crippen molar-refractivity contribution in [2.45, 2.75) is 58.7 Å². The second-order valence-electron chi connectivity index (χ2n) is 9.77. The molecule has 3 aromatic rings. The number of amides is 3. The largest absolute Gasteiger partial charge is 0.412 e. The zero-order chi connectivity index (χ0) is 28.4. The van der Waals surface area contributed by atoms with Crippen LogP contribution < -0.4 is 21.5 Å². The fourth-order valence-electron chi connectivity index (χ4n) is 4.51. The Morgan fingerprint density at radius 2 is 1.49 bits per heavy atom. The minimum atomic E-state index is -0.859. The van der Waals surface area contributed by atoms with Crippen molar-refractivity contribution in [2.24, 2.45) is 11.5 Å². The van der Waals surface area contributed by atoms with E-state index < -0.39 is 24.1 Å². The third kappa shape index (κ3) is 8.68. The summed E-state index contributed by atoms with van der Waals surface area (Å²) in [5.74, 6) is -0.493. The predicted octanol–water partition coefficient (Wildman–Crippen LogP) is 3.80. The van der Waals surface area contributed by atoms with Gasteiger partial charge in [-0.2, -0.15) is 0 Å². The van der Waals surface area contributed by atoms with Crippen LogP contribution in [-0.2, 0) is 29.0 Å². The third-order valence-corrected chi connectivity index (χ3v) is 6.77. The van der Waals surface area contributed by atoms with Crippen LogP contribution in [0.5, 0.6) is 5.75 Å². The van der Waals surface area contributed by atoms with Gasteiger partial charge in [-0.3, -0.25) is 9.59 Å². The van der Waals surface area contributed by atoms with Crippen LogP contribution in [-0.4, -0.2) is 41.4 Å². The third-order valence-electron chi connectivity index (χ3n) is 6.77.